The molecule has 0 unspecified atom stereocenters. The van der Waals surface area contributed by atoms with Gasteiger partial charge in [-0.2, -0.15) is 4.37 Å². The van der Waals surface area contributed by atoms with Crippen LogP contribution in [0.2, 0.25) is 0 Å². The molecule has 2 rings (SSSR count). The fraction of sp³-hybridized carbons (Fsp3) is 0.222. The van der Waals surface area contributed by atoms with E-state index in [1.807, 2.05) is 25.3 Å². The van der Waals surface area contributed by atoms with Crippen molar-refractivity contribution in [2.75, 3.05) is 5.32 Å². The van der Waals surface area contributed by atoms with E-state index in [9.17, 15) is 0 Å². The van der Waals surface area contributed by atoms with Crippen molar-refractivity contribution in [1.82, 2.24) is 14.3 Å². The van der Waals surface area contributed by atoms with Gasteiger partial charge < -0.3 is 5.32 Å². The maximum atomic E-state index is 4.20. The molecule has 0 saturated carbocycles. The molecular formula is C9H10N4S. The molecule has 4 nitrogen and oxygen atoms in total. The SMILES string of the molecule is Cc1nsc(NCc2cccnc2)n1. The highest BCUT2D eigenvalue weighted by molar-refractivity contribution is 7.09. The molecule has 1 N–H and O–H groups in total. The Balaban J connectivity index is 1.95. The molecule has 2 heterocycles. The van der Waals surface area contributed by atoms with Crippen LogP contribution in [-0.4, -0.2) is 14.3 Å². The zero-order valence-electron chi connectivity index (χ0n) is 7.77. The first-order valence-corrected chi connectivity index (χ1v) is 5.05. The van der Waals surface area contributed by atoms with Crippen LogP contribution in [0.1, 0.15) is 11.4 Å². The van der Waals surface area contributed by atoms with Gasteiger partial charge in [-0.05, 0) is 18.6 Å². The van der Waals surface area contributed by atoms with Crippen LogP contribution in [0.25, 0.3) is 0 Å². The highest BCUT2D eigenvalue weighted by Crippen LogP contribution is 2.11. The van der Waals surface area contributed by atoms with E-state index in [-0.39, 0.29) is 0 Å². The molecule has 72 valence electrons. The molecule has 0 aliphatic rings. The van der Waals surface area contributed by atoms with Gasteiger partial charge in [0, 0.05) is 30.5 Å². The van der Waals surface area contributed by atoms with Gasteiger partial charge in [-0.25, -0.2) is 4.98 Å². The van der Waals surface area contributed by atoms with Crippen LogP contribution in [-0.2, 0) is 6.54 Å². The Hall–Kier alpha value is -1.49. The molecule has 0 amide bonds. The average molecular weight is 206 g/mol. The fourth-order valence-corrected chi connectivity index (χ4v) is 1.62. The summed E-state index contributed by atoms with van der Waals surface area (Å²) in [6, 6.07) is 3.94. The second-order valence-corrected chi connectivity index (χ2v) is 3.61. The van der Waals surface area contributed by atoms with Crippen molar-refractivity contribution in [2.45, 2.75) is 13.5 Å². The van der Waals surface area contributed by atoms with Crippen LogP contribution in [0.15, 0.2) is 24.5 Å². The predicted octanol–water partition coefficient (Wildman–Crippen LogP) is 1.85. The molecule has 5 heteroatoms. The van der Waals surface area contributed by atoms with Crippen LogP contribution < -0.4 is 5.32 Å². The van der Waals surface area contributed by atoms with Crippen molar-refractivity contribution in [3.05, 3.63) is 35.9 Å². The first-order chi connectivity index (χ1) is 6.84. The lowest BCUT2D eigenvalue weighted by Gasteiger charge is -2.00. The third-order valence-corrected chi connectivity index (χ3v) is 2.46. The van der Waals surface area contributed by atoms with E-state index in [2.05, 4.69) is 19.7 Å². The van der Waals surface area contributed by atoms with Crippen LogP contribution in [0, 0.1) is 6.92 Å². The normalized spacial score (nSPS) is 10.1. The van der Waals surface area contributed by atoms with Gasteiger partial charge in [0.1, 0.15) is 5.82 Å². The summed E-state index contributed by atoms with van der Waals surface area (Å²) in [4.78, 5) is 8.23. The van der Waals surface area contributed by atoms with Gasteiger partial charge >= 0.3 is 0 Å². The van der Waals surface area contributed by atoms with Crippen LogP contribution in [0.5, 0.6) is 0 Å². The summed E-state index contributed by atoms with van der Waals surface area (Å²) in [6.07, 6.45) is 3.60. The Morgan fingerprint density at radius 3 is 3.07 bits per heavy atom. The molecule has 2 aromatic heterocycles. The first kappa shape index (κ1) is 9.08. The average Bonchev–Trinajstić information content (AvgIpc) is 2.63. The van der Waals surface area contributed by atoms with Gasteiger partial charge in [-0.3, -0.25) is 4.98 Å². The summed E-state index contributed by atoms with van der Waals surface area (Å²) in [5, 5.41) is 4.04. The van der Waals surface area contributed by atoms with Gasteiger partial charge in [-0.15, -0.1) is 0 Å². The van der Waals surface area contributed by atoms with Crippen LogP contribution in [0.3, 0.4) is 0 Å². The highest BCUT2D eigenvalue weighted by atomic mass is 32.1. The number of aromatic nitrogens is 3. The highest BCUT2D eigenvalue weighted by Gasteiger charge is 1.98. The lowest BCUT2D eigenvalue weighted by Crippen LogP contribution is -1.98. The summed E-state index contributed by atoms with van der Waals surface area (Å²) < 4.78 is 4.08. The summed E-state index contributed by atoms with van der Waals surface area (Å²) in [5.74, 6) is 0.809. The molecule has 0 radical (unpaired) electrons. The Morgan fingerprint density at radius 1 is 1.50 bits per heavy atom. The molecule has 0 bridgehead atoms. The molecule has 0 aliphatic carbocycles. The number of nitrogens with zero attached hydrogens (tertiary/aromatic N) is 3. The summed E-state index contributed by atoms with van der Waals surface area (Å²) in [5.41, 5.74) is 1.14. The maximum absolute atomic E-state index is 4.20. The number of hydrogen-bond donors (Lipinski definition) is 1. The topological polar surface area (TPSA) is 50.7 Å². The lowest BCUT2D eigenvalue weighted by atomic mass is 10.3. The predicted molar refractivity (Wildman–Crippen MR) is 56.2 cm³/mol. The van der Waals surface area contributed by atoms with E-state index >= 15 is 0 Å². The van der Waals surface area contributed by atoms with Crippen LogP contribution >= 0.6 is 11.5 Å². The van der Waals surface area contributed by atoms with Crippen molar-refractivity contribution >= 4 is 16.7 Å². The molecular weight excluding hydrogens is 196 g/mol. The monoisotopic (exact) mass is 206 g/mol. The molecule has 0 aromatic carbocycles. The Kier molecular flexibility index (Phi) is 2.69. The van der Waals surface area contributed by atoms with Crippen molar-refractivity contribution < 1.29 is 0 Å². The third-order valence-electron chi connectivity index (χ3n) is 1.69. The second-order valence-electron chi connectivity index (χ2n) is 2.86. The Bertz CT molecular complexity index is 398. The molecule has 2 aromatic rings. The summed E-state index contributed by atoms with van der Waals surface area (Å²) >= 11 is 1.38. The zero-order valence-corrected chi connectivity index (χ0v) is 8.58. The van der Waals surface area contributed by atoms with Gasteiger partial charge in [0.25, 0.3) is 0 Å². The second kappa shape index (κ2) is 4.15. The number of hydrogen-bond acceptors (Lipinski definition) is 5. The van der Waals surface area contributed by atoms with E-state index in [1.54, 1.807) is 6.20 Å². The van der Waals surface area contributed by atoms with E-state index in [1.165, 1.54) is 11.5 Å². The molecule has 0 aliphatic heterocycles. The minimum atomic E-state index is 0.739. The third kappa shape index (κ3) is 2.26. The Morgan fingerprint density at radius 2 is 2.43 bits per heavy atom. The number of nitrogens with one attached hydrogen (secondary N) is 1. The summed E-state index contributed by atoms with van der Waals surface area (Å²) in [6.45, 7) is 2.62. The number of anilines is 1. The molecule has 0 fully saturated rings. The van der Waals surface area contributed by atoms with E-state index in [0.717, 1.165) is 23.1 Å². The van der Waals surface area contributed by atoms with E-state index < -0.39 is 0 Å². The standard InChI is InChI=1S/C9H10N4S/c1-7-12-9(14-13-7)11-6-8-3-2-4-10-5-8/h2-5H,6H2,1H3,(H,11,12,13). The molecule has 0 saturated heterocycles. The Labute approximate surface area is 86.2 Å². The fourth-order valence-electron chi connectivity index (χ4n) is 1.05. The minimum Gasteiger partial charge on any atom is -0.356 e. The molecule has 14 heavy (non-hydrogen) atoms. The molecule has 0 atom stereocenters. The van der Waals surface area contributed by atoms with Crippen LogP contribution in [0.4, 0.5) is 5.13 Å². The summed E-state index contributed by atoms with van der Waals surface area (Å²) in [7, 11) is 0. The number of rotatable bonds is 3. The maximum Gasteiger partial charge on any atom is 0.202 e. The first-order valence-electron chi connectivity index (χ1n) is 4.28. The van der Waals surface area contributed by atoms with Gasteiger partial charge in [-0.1, -0.05) is 6.07 Å². The smallest absolute Gasteiger partial charge is 0.202 e. The van der Waals surface area contributed by atoms with E-state index in [4.69, 9.17) is 0 Å². The minimum absolute atomic E-state index is 0.739. The number of aryl methyl sites for hydroxylation is 1. The van der Waals surface area contributed by atoms with Gasteiger partial charge in [0.05, 0.1) is 0 Å². The van der Waals surface area contributed by atoms with Crippen molar-refractivity contribution in [3.8, 4) is 0 Å². The lowest BCUT2D eigenvalue weighted by molar-refractivity contribution is 1.08. The largest absolute Gasteiger partial charge is 0.356 e. The molecule has 0 spiro atoms. The quantitative estimate of drug-likeness (QED) is 0.832. The van der Waals surface area contributed by atoms with E-state index in [0.29, 0.717) is 0 Å². The number of pyridine rings is 1. The van der Waals surface area contributed by atoms with Crippen molar-refractivity contribution in [2.24, 2.45) is 0 Å². The van der Waals surface area contributed by atoms with Gasteiger partial charge in [0.15, 0.2) is 0 Å². The van der Waals surface area contributed by atoms with Crippen molar-refractivity contribution in [1.29, 1.82) is 0 Å². The zero-order chi connectivity index (χ0) is 9.80. The van der Waals surface area contributed by atoms with Gasteiger partial charge in [0.2, 0.25) is 5.13 Å². The van der Waals surface area contributed by atoms with Crippen molar-refractivity contribution in [3.63, 3.8) is 0 Å².